The summed E-state index contributed by atoms with van der Waals surface area (Å²) in [5.74, 6) is 1.53. The highest BCUT2D eigenvalue weighted by Crippen LogP contribution is 2.31. The normalized spacial score (nSPS) is 14.7. The molecule has 2 aliphatic rings. The van der Waals surface area contributed by atoms with E-state index in [1.807, 2.05) is 73.7 Å². The lowest BCUT2D eigenvalue weighted by atomic mass is 9.86. The van der Waals surface area contributed by atoms with Crippen LogP contribution in [-0.2, 0) is 12.8 Å². The van der Waals surface area contributed by atoms with Gasteiger partial charge in [-0.2, -0.15) is 0 Å². The number of aryl methyl sites for hydroxylation is 2. The molecule has 0 fully saturated rings. The monoisotopic (exact) mass is 590 g/mol. The molecule has 0 saturated carbocycles. The Morgan fingerprint density at radius 2 is 1.58 bits per heavy atom. The van der Waals surface area contributed by atoms with Gasteiger partial charge in [0.25, 0.3) is 0 Å². The maximum Gasteiger partial charge on any atom is 0.189 e. The van der Waals surface area contributed by atoms with E-state index in [1.165, 1.54) is 5.56 Å². The number of carbonyl (C=O) groups is 2. The first-order valence-corrected chi connectivity index (χ1v) is 14.7. The van der Waals surface area contributed by atoms with Gasteiger partial charge in [-0.3, -0.25) is 9.59 Å². The van der Waals surface area contributed by atoms with Crippen molar-refractivity contribution in [3.05, 3.63) is 146 Å². The van der Waals surface area contributed by atoms with E-state index in [9.17, 15) is 9.59 Å². The van der Waals surface area contributed by atoms with Gasteiger partial charge in [0, 0.05) is 21.7 Å². The Morgan fingerprint density at radius 3 is 2.28 bits per heavy atom. The number of Topliss-reactive ketones (excluding diaryl/α,β-unsaturated/α-hetero) is 1. The third-order valence-electron chi connectivity index (χ3n) is 7.92. The predicted octanol–water partition coefficient (Wildman–Crippen LogP) is 10.1. The van der Waals surface area contributed by atoms with Crippen molar-refractivity contribution >= 4 is 34.8 Å². The van der Waals surface area contributed by atoms with Crippen molar-refractivity contribution < 1.29 is 14.3 Å². The van der Waals surface area contributed by atoms with Crippen molar-refractivity contribution in [1.29, 1.82) is 0 Å². The third-order valence-corrected chi connectivity index (χ3v) is 8.24. The summed E-state index contributed by atoms with van der Waals surface area (Å²) in [7, 11) is 1.64. The van der Waals surface area contributed by atoms with E-state index in [1.54, 1.807) is 13.2 Å². The number of rotatable bonds is 4. The summed E-state index contributed by atoms with van der Waals surface area (Å²) in [5, 5.41) is 0.681. The molecule has 2 aliphatic carbocycles. The number of ether oxygens (including phenoxy) is 1. The number of hydrogen-bond donors (Lipinski definition) is 0. The van der Waals surface area contributed by atoms with Crippen molar-refractivity contribution in [3.8, 4) is 5.75 Å². The summed E-state index contributed by atoms with van der Waals surface area (Å²) in [6.07, 6.45) is 6.10. The molecule has 0 atom stereocenters. The molecular weight excluding hydrogens is 552 g/mol. The number of halogens is 1. The van der Waals surface area contributed by atoms with Crippen LogP contribution in [0.15, 0.2) is 96.6 Å². The largest absolute Gasteiger partial charge is 0.497 e. The second-order valence-electron chi connectivity index (χ2n) is 11.2. The van der Waals surface area contributed by atoms with E-state index in [4.69, 9.17) is 16.3 Å². The van der Waals surface area contributed by atoms with E-state index in [0.717, 1.165) is 75.1 Å². The quantitative estimate of drug-likeness (QED) is 0.222. The van der Waals surface area contributed by atoms with Gasteiger partial charge < -0.3 is 4.74 Å². The molecule has 4 aromatic rings. The minimum atomic E-state index is 0. The predicted molar refractivity (Wildman–Crippen MR) is 180 cm³/mol. The summed E-state index contributed by atoms with van der Waals surface area (Å²) in [6, 6.07) is 28.0. The Balaban J connectivity index is 0.000000193. The average molecular weight is 591 g/mol. The van der Waals surface area contributed by atoms with Crippen LogP contribution in [0.2, 0.25) is 5.02 Å². The van der Waals surface area contributed by atoms with Gasteiger partial charge in [0.1, 0.15) is 5.75 Å². The van der Waals surface area contributed by atoms with Gasteiger partial charge in [-0.25, -0.2) is 0 Å². The molecule has 0 N–H and O–H groups in total. The number of methoxy groups -OCH3 is 1. The Morgan fingerprint density at radius 1 is 0.837 bits per heavy atom. The van der Waals surface area contributed by atoms with Crippen LogP contribution < -0.4 is 4.74 Å². The maximum absolute atomic E-state index is 12.6. The molecule has 0 radical (unpaired) electrons. The molecule has 3 nitrogen and oxygen atoms in total. The highest BCUT2D eigenvalue weighted by atomic mass is 35.5. The summed E-state index contributed by atoms with van der Waals surface area (Å²) >= 11 is 6.26. The molecule has 0 heterocycles. The lowest BCUT2D eigenvalue weighted by Crippen LogP contribution is -2.14. The Bertz CT molecular complexity index is 1710. The zero-order valence-electron chi connectivity index (χ0n) is 24.5. The first-order valence-electron chi connectivity index (χ1n) is 14.3. The number of carbonyl (C=O) groups excluding carboxylic acids is 2. The van der Waals surface area contributed by atoms with Crippen LogP contribution in [0.3, 0.4) is 0 Å². The summed E-state index contributed by atoms with van der Waals surface area (Å²) in [5.41, 5.74) is 10.2. The van der Waals surface area contributed by atoms with Gasteiger partial charge in [0.05, 0.1) is 7.11 Å². The topological polar surface area (TPSA) is 43.4 Å². The van der Waals surface area contributed by atoms with Crippen LogP contribution in [0, 0.1) is 6.92 Å². The fourth-order valence-corrected chi connectivity index (χ4v) is 5.72. The molecule has 4 heteroatoms. The Labute approximate surface area is 260 Å². The van der Waals surface area contributed by atoms with Crippen LogP contribution in [0.25, 0.3) is 11.6 Å². The Hall–Kier alpha value is -4.21. The Kier molecular flexibility index (Phi) is 10.2. The standard InChI is InChI=1S/C19H17ClO2.C19H18O.CH4/c1-12-3-4-14(18(20)9-12)10-15-6-5-13-11-16(22-2)7-8-17(13)19(15)21;1-13(2)14-7-9-15(10-8-14)17-11-16-5-3-4-6-18(16)19(20)12-17;/h3-4,7-11H,5-6H2,1-2H3;3-10,12-13H,11H2,1-2H3;1H4/b15-10+;;. The fourth-order valence-electron chi connectivity index (χ4n) is 5.43. The van der Waals surface area contributed by atoms with Gasteiger partial charge in [-0.15, -0.1) is 0 Å². The fraction of sp³-hybridized carbons (Fsp3) is 0.231. The van der Waals surface area contributed by atoms with Crippen molar-refractivity contribution in [1.82, 2.24) is 0 Å². The minimum absolute atomic E-state index is 0. The molecule has 0 saturated heterocycles. The molecular formula is C39H39ClO3. The number of benzene rings is 4. The van der Waals surface area contributed by atoms with Crippen molar-refractivity contribution in [3.63, 3.8) is 0 Å². The second kappa shape index (κ2) is 13.8. The number of fused-ring (bicyclic) bond motifs is 2. The van der Waals surface area contributed by atoms with Gasteiger partial charge in [0.15, 0.2) is 11.6 Å². The highest BCUT2D eigenvalue weighted by molar-refractivity contribution is 6.32. The molecule has 6 rings (SSSR count). The molecule has 4 aromatic carbocycles. The van der Waals surface area contributed by atoms with Crippen LogP contribution in [0.5, 0.6) is 5.75 Å². The van der Waals surface area contributed by atoms with E-state index in [-0.39, 0.29) is 19.0 Å². The third kappa shape index (κ3) is 7.24. The number of hydrogen-bond acceptors (Lipinski definition) is 3. The molecule has 0 unspecified atom stereocenters. The molecule has 0 aliphatic heterocycles. The summed E-state index contributed by atoms with van der Waals surface area (Å²) in [6.45, 7) is 6.38. The first-order chi connectivity index (χ1) is 20.2. The van der Waals surface area contributed by atoms with Crippen molar-refractivity contribution in [2.45, 2.75) is 53.4 Å². The first kappa shape index (κ1) is 31.7. The van der Waals surface area contributed by atoms with Gasteiger partial charge >= 0.3 is 0 Å². The van der Waals surface area contributed by atoms with Crippen LogP contribution in [0.1, 0.15) is 87.7 Å². The molecule has 43 heavy (non-hydrogen) atoms. The number of ketones is 2. The van der Waals surface area contributed by atoms with E-state index in [0.29, 0.717) is 10.9 Å². The number of allylic oxidation sites excluding steroid dienone is 3. The molecule has 0 amide bonds. The summed E-state index contributed by atoms with van der Waals surface area (Å²) in [4.78, 5) is 24.8. The zero-order valence-corrected chi connectivity index (χ0v) is 25.3. The second-order valence-corrected chi connectivity index (χ2v) is 11.6. The van der Waals surface area contributed by atoms with Crippen LogP contribution in [-0.4, -0.2) is 18.7 Å². The van der Waals surface area contributed by atoms with Gasteiger partial charge in [-0.1, -0.05) is 93.5 Å². The maximum atomic E-state index is 12.6. The smallest absolute Gasteiger partial charge is 0.189 e. The van der Waals surface area contributed by atoms with E-state index in [2.05, 4.69) is 38.1 Å². The highest BCUT2D eigenvalue weighted by Gasteiger charge is 2.22. The lowest BCUT2D eigenvalue weighted by molar-refractivity contribution is 0.102. The molecule has 0 aromatic heterocycles. The van der Waals surface area contributed by atoms with E-state index >= 15 is 0 Å². The van der Waals surface area contributed by atoms with Gasteiger partial charge in [-0.05, 0) is 107 Å². The molecule has 220 valence electrons. The van der Waals surface area contributed by atoms with Crippen molar-refractivity contribution in [2.75, 3.05) is 7.11 Å². The van der Waals surface area contributed by atoms with Crippen LogP contribution >= 0.6 is 11.6 Å². The van der Waals surface area contributed by atoms with Gasteiger partial charge in [0.2, 0.25) is 0 Å². The average Bonchev–Trinajstić information content (AvgIpc) is 3.00. The molecule has 0 bridgehead atoms. The van der Waals surface area contributed by atoms with E-state index < -0.39 is 0 Å². The van der Waals surface area contributed by atoms with Crippen LogP contribution in [0.4, 0.5) is 0 Å². The van der Waals surface area contributed by atoms with Crippen molar-refractivity contribution in [2.24, 2.45) is 0 Å². The zero-order chi connectivity index (χ0) is 29.8. The molecule has 0 spiro atoms. The minimum Gasteiger partial charge on any atom is -0.497 e. The SMILES string of the molecule is C.CC(C)c1ccc(C2=CC(=O)c3ccccc3C2)cc1.COc1ccc2c(c1)CC/C(=C\c1ccc(C)cc1Cl)C2=O. The lowest BCUT2D eigenvalue weighted by Gasteiger charge is -2.18. The summed E-state index contributed by atoms with van der Waals surface area (Å²) < 4.78 is 5.22.